The van der Waals surface area contributed by atoms with Crippen molar-refractivity contribution in [1.82, 2.24) is 4.98 Å². The highest BCUT2D eigenvalue weighted by molar-refractivity contribution is 6.17. The number of aromatic hydroxyl groups is 1. The van der Waals surface area contributed by atoms with Crippen LogP contribution in [0.5, 0.6) is 5.75 Å². The van der Waals surface area contributed by atoms with Gasteiger partial charge >= 0.3 is 5.97 Å². The number of rotatable bonds is 4. The Hall–Kier alpha value is -1.43. The van der Waals surface area contributed by atoms with Crippen molar-refractivity contribution in [3.8, 4) is 5.75 Å². The molecule has 0 saturated carbocycles. The molecule has 0 spiro atoms. The Morgan fingerprint density at radius 3 is 2.62 bits per heavy atom. The number of hydrogen-bond donors (Lipinski definition) is 2. The normalized spacial score (nSPS) is 10.8. The molecule has 0 unspecified atom stereocenters. The van der Waals surface area contributed by atoms with E-state index in [1.54, 1.807) is 0 Å². The maximum atomic E-state index is 12.6. The number of carboxylic acid groups (broad SMARTS) is 1. The van der Waals surface area contributed by atoms with Crippen LogP contribution in [0.15, 0.2) is 6.20 Å². The molecule has 0 aliphatic heterocycles. The number of hydrogen-bond acceptors (Lipinski definition) is 3. The Morgan fingerprint density at radius 1 is 1.56 bits per heavy atom. The summed E-state index contributed by atoms with van der Waals surface area (Å²) in [5, 5.41) is 17.8. The molecule has 7 heteroatoms. The molecule has 1 rings (SSSR count). The average Bonchev–Trinajstić information content (AvgIpc) is 2.16. The number of nitrogens with zero attached hydrogens (tertiary/aromatic N) is 1. The monoisotopic (exact) mass is 251 g/mol. The predicted octanol–water partition coefficient (Wildman–Crippen LogP) is 2.09. The summed E-state index contributed by atoms with van der Waals surface area (Å²) < 4.78 is 25.3. The molecule has 0 aliphatic carbocycles. The lowest BCUT2D eigenvalue weighted by Crippen LogP contribution is -2.09. The number of halogens is 3. The summed E-state index contributed by atoms with van der Waals surface area (Å²) in [6, 6.07) is 0. The third-order valence-electron chi connectivity index (χ3n) is 1.96. The summed E-state index contributed by atoms with van der Waals surface area (Å²) in [5.41, 5.74) is -0.900. The molecule has 0 atom stereocenters. The fourth-order valence-electron chi connectivity index (χ4n) is 1.30. The maximum Gasteiger partial charge on any atom is 0.307 e. The number of pyridine rings is 1. The molecule has 1 aromatic rings. The van der Waals surface area contributed by atoms with E-state index in [4.69, 9.17) is 16.7 Å². The molecular formula is C9H8ClF2NO3. The summed E-state index contributed by atoms with van der Waals surface area (Å²) in [5.74, 6) is -2.21. The Morgan fingerprint density at radius 2 is 2.19 bits per heavy atom. The average molecular weight is 252 g/mol. The third kappa shape index (κ3) is 2.57. The molecule has 1 heterocycles. The summed E-state index contributed by atoms with van der Waals surface area (Å²) >= 11 is 5.46. The van der Waals surface area contributed by atoms with Crippen molar-refractivity contribution >= 4 is 17.6 Å². The van der Waals surface area contributed by atoms with E-state index in [-0.39, 0.29) is 17.1 Å². The van der Waals surface area contributed by atoms with Gasteiger partial charge < -0.3 is 10.2 Å². The van der Waals surface area contributed by atoms with Crippen LogP contribution < -0.4 is 0 Å². The Kier molecular flexibility index (Phi) is 4.00. The third-order valence-corrected chi connectivity index (χ3v) is 2.22. The van der Waals surface area contributed by atoms with E-state index < -0.39 is 30.1 Å². The summed E-state index contributed by atoms with van der Waals surface area (Å²) in [6.45, 7) is 0. The fraction of sp³-hybridized carbons (Fsp3) is 0.333. The first-order valence-electron chi connectivity index (χ1n) is 4.22. The molecule has 2 N–H and O–H groups in total. The SMILES string of the molecule is O=C(O)Cc1c(CCl)ncc(O)c1C(F)F. The molecule has 0 aliphatic rings. The zero-order valence-electron chi connectivity index (χ0n) is 7.95. The van der Waals surface area contributed by atoms with Gasteiger partial charge in [-0.15, -0.1) is 11.6 Å². The van der Waals surface area contributed by atoms with E-state index in [2.05, 4.69) is 4.98 Å². The minimum atomic E-state index is -2.97. The van der Waals surface area contributed by atoms with Gasteiger partial charge in [-0.3, -0.25) is 9.78 Å². The van der Waals surface area contributed by atoms with Gasteiger partial charge in [0.05, 0.1) is 29.8 Å². The van der Waals surface area contributed by atoms with Crippen LogP contribution in [0.3, 0.4) is 0 Å². The van der Waals surface area contributed by atoms with E-state index in [1.165, 1.54) is 0 Å². The standard InChI is InChI=1S/C9H8ClF2NO3/c10-2-5-4(1-7(15)16)8(9(11)12)6(14)3-13-5/h3,9,14H,1-2H2,(H,15,16). The molecule has 1 aromatic heterocycles. The van der Waals surface area contributed by atoms with Crippen molar-refractivity contribution in [1.29, 1.82) is 0 Å². The van der Waals surface area contributed by atoms with Crippen LogP contribution in [0.1, 0.15) is 23.2 Å². The first kappa shape index (κ1) is 12.6. The van der Waals surface area contributed by atoms with Crippen LogP contribution in [0.4, 0.5) is 8.78 Å². The second-order valence-electron chi connectivity index (χ2n) is 2.99. The molecule has 16 heavy (non-hydrogen) atoms. The highest BCUT2D eigenvalue weighted by atomic mass is 35.5. The summed E-state index contributed by atoms with van der Waals surface area (Å²) in [4.78, 5) is 14.1. The Bertz CT molecular complexity index is 412. The molecule has 0 fully saturated rings. The van der Waals surface area contributed by atoms with Gasteiger partial charge in [-0.2, -0.15) is 0 Å². The lowest BCUT2D eigenvalue weighted by Gasteiger charge is -2.12. The number of aromatic nitrogens is 1. The first-order chi connectivity index (χ1) is 7.47. The molecular weight excluding hydrogens is 244 g/mol. The van der Waals surface area contributed by atoms with Crippen LogP contribution in [-0.4, -0.2) is 21.2 Å². The van der Waals surface area contributed by atoms with E-state index in [1.807, 2.05) is 0 Å². The van der Waals surface area contributed by atoms with Crippen molar-refractivity contribution < 1.29 is 23.8 Å². The van der Waals surface area contributed by atoms with E-state index in [0.717, 1.165) is 6.20 Å². The van der Waals surface area contributed by atoms with Gasteiger partial charge in [0.15, 0.2) is 0 Å². The second kappa shape index (κ2) is 5.07. The minimum Gasteiger partial charge on any atom is -0.506 e. The summed E-state index contributed by atoms with van der Waals surface area (Å²) in [7, 11) is 0. The van der Waals surface area contributed by atoms with Gasteiger partial charge in [-0.1, -0.05) is 0 Å². The lowest BCUT2D eigenvalue weighted by atomic mass is 10.0. The zero-order valence-corrected chi connectivity index (χ0v) is 8.71. The quantitative estimate of drug-likeness (QED) is 0.804. The van der Waals surface area contributed by atoms with Crippen LogP contribution >= 0.6 is 11.6 Å². The van der Waals surface area contributed by atoms with E-state index in [9.17, 15) is 18.7 Å². The van der Waals surface area contributed by atoms with Gasteiger partial charge in [0, 0.05) is 0 Å². The number of alkyl halides is 3. The lowest BCUT2D eigenvalue weighted by molar-refractivity contribution is -0.136. The number of carboxylic acids is 1. The molecule has 0 amide bonds. The smallest absolute Gasteiger partial charge is 0.307 e. The van der Waals surface area contributed by atoms with Crippen LogP contribution in [0.25, 0.3) is 0 Å². The second-order valence-corrected chi connectivity index (χ2v) is 3.25. The molecule has 88 valence electrons. The Labute approximate surface area is 94.5 Å². The number of aliphatic carboxylic acids is 1. The molecule has 4 nitrogen and oxygen atoms in total. The topological polar surface area (TPSA) is 70.4 Å². The highest BCUT2D eigenvalue weighted by Crippen LogP contribution is 2.33. The number of carbonyl (C=O) groups is 1. The van der Waals surface area contributed by atoms with Crippen molar-refractivity contribution in [3.63, 3.8) is 0 Å². The largest absolute Gasteiger partial charge is 0.506 e. The van der Waals surface area contributed by atoms with Gasteiger partial charge in [-0.05, 0) is 5.56 Å². The van der Waals surface area contributed by atoms with Crippen LogP contribution in [0, 0.1) is 0 Å². The zero-order chi connectivity index (χ0) is 12.3. The fourth-order valence-corrected chi connectivity index (χ4v) is 1.53. The summed E-state index contributed by atoms with van der Waals surface area (Å²) in [6.07, 6.45) is -2.78. The van der Waals surface area contributed by atoms with E-state index >= 15 is 0 Å². The maximum absolute atomic E-state index is 12.6. The molecule has 0 saturated heterocycles. The van der Waals surface area contributed by atoms with Crippen LogP contribution in [-0.2, 0) is 17.1 Å². The van der Waals surface area contributed by atoms with Crippen molar-refractivity contribution in [2.45, 2.75) is 18.7 Å². The van der Waals surface area contributed by atoms with Crippen molar-refractivity contribution in [3.05, 3.63) is 23.0 Å². The minimum absolute atomic E-state index is 0.0390. The van der Waals surface area contributed by atoms with Gasteiger partial charge in [0.1, 0.15) is 5.75 Å². The first-order valence-corrected chi connectivity index (χ1v) is 4.76. The predicted molar refractivity (Wildman–Crippen MR) is 51.8 cm³/mol. The van der Waals surface area contributed by atoms with Gasteiger partial charge in [0.2, 0.25) is 0 Å². The molecule has 0 aromatic carbocycles. The highest BCUT2D eigenvalue weighted by Gasteiger charge is 2.23. The van der Waals surface area contributed by atoms with Crippen molar-refractivity contribution in [2.24, 2.45) is 0 Å². The van der Waals surface area contributed by atoms with Crippen molar-refractivity contribution in [2.75, 3.05) is 0 Å². The molecule has 0 radical (unpaired) electrons. The Balaban J connectivity index is 3.36. The molecule has 0 bridgehead atoms. The van der Waals surface area contributed by atoms with Gasteiger partial charge in [0.25, 0.3) is 6.43 Å². The van der Waals surface area contributed by atoms with Crippen LogP contribution in [0.2, 0.25) is 0 Å². The van der Waals surface area contributed by atoms with Gasteiger partial charge in [-0.25, -0.2) is 8.78 Å². The van der Waals surface area contributed by atoms with E-state index in [0.29, 0.717) is 0 Å².